The molecule has 1 N–H and O–H groups in total. The van der Waals surface area contributed by atoms with E-state index < -0.39 is 0 Å². The highest BCUT2D eigenvalue weighted by molar-refractivity contribution is 6.31. The van der Waals surface area contributed by atoms with E-state index in [0.29, 0.717) is 12.6 Å². The third-order valence-electron chi connectivity index (χ3n) is 5.68. The van der Waals surface area contributed by atoms with Crippen LogP contribution in [-0.4, -0.2) is 35.0 Å². The molecule has 2 aromatic rings. The van der Waals surface area contributed by atoms with Gasteiger partial charge in [-0.15, -0.1) is 0 Å². The number of amides is 1. The SMILES string of the molecule is CN1CCc2c(c3cc(Cl)ccc3n2CC(=O)NC2CCCCC2)C1. The molecule has 0 spiro atoms. The number of carbonyl (C=O) groups is 1. The van der Waals surface area contributed by atoms with Crippen LogP contribution in [0, 0.1) is 0 Å². The first-order valence-electron chi connectivity index (χ1n) is 9.39. The Bertz CT molecular complexity index is 792. The van der Waals surface area contributed by atoms with E-state index >= 15 is 0 Å². The van der Waals surface area contributed by atoms with Crippen molar-refractivity contribution in [2.45, 2.75) is 57.7 Å². The van der Waals surface area contributed by atoms with Gasteiger partial charge in [-0.25, -0.2) is 0 Å². The van der Waals surface area contributed by atoms with Gasteiger partial charge >= 0.3 is 0 Å². The first kappa shape index (κ1) is 16.9. The average molecular weight is 360 g/mol. The molecule has 0 unspecified atom stereocenters. The lowest BCUT2D eigenvalue weighted by atomic mass is 9.95. The number of hydrogen-bond donors (Lipinski definition) is 1. The fraction of sp³-hybridized carbons (Fsp3) is 0.550. The van der Waals surface area contributed by atoms with Gasteiger partial charge in [0.05, 0.1) is 0 Å². The third kappa shape index (κ3) is 3.42. The van der Waals surface area contributed by atoms with Crippen LogP contribution in [0.5, 0.6) is 0 Å². The zero-order valence-electron chi connectivity index (χ0n) is 14.9. The molecular weight excluding hydrogens is 334 g/mol. The summed E-state index contributed by atoms with van der Waals surface area (Å²) in [6.07, 6.45) is 6.99. The van der Waals surface area contributed by atoms with Gasteiger partial charge in [0, 0.05) is 47.2 Å². The van der Waals surface area contributed by atoms with E-state index in [1.165, 1.54) is 35.9 Å². The number of fused-ring (bicyclic) bond motifs is 3. The fourth-order valence-corrected chi connectivity index (χ4v) is 4.57. The predicted octanol–water partition coefficient (Wildman–Crippen LogP) is 3.73. The normalized spacial score (nSPS) is 19.1. The highest BCUT2D eigenvalue weighted by Gasteiger charge is 2.24. The summed E-state index contributed by atoms with van der Waals surface area (Å²) in [6.45, 7) is 2.36. The smallest absolute Gasteiger partial charge is 0.240 e. The molecule has 0 bridgehead atoms. The van der Waals surface area contributed by atoms with E-state index in [0.717, 1.165) is 42.9 Å². The summed E-state index contributed by atoms with van der Waals surface area (Å²) < 4.78 is 2.21. The van der Waals surface area contributed by atoms with E-state index in [2.05, 4.69) is 27.9 Å². The predicted molar refractivity (Wildman–Crippen MR) is 102 cm³/mol. The molecule has 2 heterocycles. The zero-order chi connectivity index (χ0) is 17.4. The zero-order valence-corrected chi connectivity index (χ0v) is 15.6. The molecular formula is C20H26ClN3O. The van der Waals surface area contributed by atoms with Crippen LogP contribution in [0.25, 0.3) is 10.9 Å². The molecule has 1 amide bonds. The van der Waals surface area contributed by atoms with Crippen molar-refractivity contribution in [1.82, 2.24) is 14.8 Å². The van der Waals surface area contributed by atoms with Gasteiger partial charge in [0.2, 0.25) is 5.91 Å². The third-order valence-corrected chi connectivity index (χ3v) is 5.91. The topological polar surface area (TPSA) is 37.3 Å². The van der Waals surface area contributed by atoms with Crippen molar-refractivity contribution in [2.24, 2.45) is 0 Å². The fourth-order valence-electron chi connectivity index (χ4n) is 4.40. The van der Waals surface area contributed by atoms with Crippen LogP contribution in [0.4, 0.5) is 0 Å². The van der Waals surface area contributed by atoms with Crippen molar-refractivity contribution in [3.05, 3.63) is 34.5 Å². The molecule has 134 valence electrons. The molecule has 0 atom stereocenters. The Kier molecular flexibility index (Phi) is 4.74. The number of benzene rings is 1. The van der Waals surface area contributed by atoms with Gasteiger partial charge in [-0.2, -0.15) is 0 Å². The Balaban J connectivity index is 1.63. The molecule has 1 saturated carbocycles. The second kappa shape index (κ2) is 7.00. The molecule has 0 saturated heterocycles. The van der Waals surface area contributed by atoms with Gasteiger partial charge in [-0.05, 0) is 43.7 Å². The van der Waals surface area contributed by atoms with E-state index in [1.54, 1.807) is 0 Å². The molecule has 1 aromatic heterocycles. The number of likely N-dealkylation sites (N-methyl/N-ethyl adjacent to an activating group) is 1. The van der Waals surface area contributed by atoms with Gasteiger partial charge < -0.3 is 14.8 Å². The van der Waals surface area contributed by atoms with E-state index in [9.17, 15) is 4.79 Å². The molecule has 1 aromatic carbocycles. The number of carbonyl (C=O) groups excluding carboxylic acids is 1. The molecule has 1 fully saturated rings. The number of aromatic nitrogens is 1. The lowest BCUT2D eigenvalue weighted by Crippen LogP contribution is -2.38. The molecule has 0 radical (unpaired) electrons. The maximum atomic E-state index is 12.7. The summed E-state index contributed by atoms with van der Waals surface area (Å²) in [5, 5.41) is 5.20. The molecule has 5 heteroatoms. The van der Waals surface area contributed by atoms with Crippen LogP contribution >= 0.6 is 11.6 Å². The monoisotopic (exact) mass is 359 g/mol. The first-order valence-corrected chi connectivity index (χ1v) is 9.77. The van der Waals surface area contributed by atoms with Crippen molar-refractivity contribution in [3.8, 4) is 0 Å². The minimum atomic E-state index is 0.139. The van der Waals surface area contributed by atoms with Gasteiger partial charge in [0.15, 0.2) is 0 Å². The van der Waals surface area contributed by atoms with Gasteiger partial charge in [-0.1, -0.05) is 30.9 Å². The Hall–Kier alpha value is -1.52. The number of hydrogen-bond acceptors (Lipinski definition) is 2. The average Bonchev–Trinajstić information content (AvgIpc) is 2.88. The van der Waals surface area contributed by atoms with Gasteiger partial charge in [0.1, 0.15) is 6.54 Å². The molecule has 2 aliphatic rings. The van der Waals surface area contributed by atoms with Crippen molar-refractivity contribution in [2.75, 3.05) is 13.6 Å². The largest absolute Gasteiger partial charge is 0.352 e. The number of nitrogens with zero attached hydrogens (tertiary/aromatic N) is 2. The minimum absolute atomic E-state index is 0.139. The Morgan fingerprint density at radius 3 is 2.88 bits per heavy atom. The lowest BCUT2D eigenvalue weighted by molar-refractivity contribution is -0.122. The number of nitrogens with one attached hydrogen (secondary N) is 1. The Morgan fingerprint density at radius 1 is 1.28 bits per heavy atom. The standard InChI is InChI=1S/C20H26ClN3O/c1-23-10-9-19-17(12-23)16-11-14(21)7-8-18(16)24(19)13-20(25)22-15-5-3-2-4-6-15/h7-8,11,15H,2-6,9-10,12-13H2,1H3,(H,22,25). The summed E-state index contributed by atoms with van der Waals surface area (Å²) in [5.74, 6) is 0.139. The maximum Gasteiger partial charge on any atom is 0.240 e. The van der Waals surface area contributed by atoms with Crippen molar-refractivity contribution in [1.29, 1.82) is 0 Å². The van der Waals surface area contributed by atoms with Crippen molar-refractivity contribution < 1.29 is 4.79 Å². The number of halogens is 1. The highest BCUT2D eigenvalue weighted by Crippen LogP contribution is 2.32. The molecule has 1 aliphatic heterocycles. The van der Waals surface area contributed by atoms with Gasteiger partial charge in [0.25, 0.3) is 0 Å². The van der Waals surface area contributed by atoms with Crippen LogP contribution < -0.4 is 5.32 Å². The summed E-state index contributed by atoms with van der Waals surface area (Å²) in [5.41, 5.74) is 3.76. The Labute approximate surface area is 154 Å². The quantitative estimate of drug-likeness (QED) is 0.906. The van der Waals surface area contributed by atoms with Crippen LogP contribution in [-0.2, 0) is 24.3 Å². The van der Waals surface area contributed by atoms with Gasteiger partial charge in [-0.3, -0.25) is 4.79 Å². The van der Waals surface area contributed by atoms with E-state index in [1.807, 2.05) is 12.1 Å². The maximum absolute atomic E-state index is 12.7. The molecule has 4 nitrogen and oxygen atoms in total. The van der Waals surface area contributed by atoms with E-state index in [-0.39, 0.29) is 5.91 Å². The first-order chi connectivity index (χ1) is 12.1. The summed E-state index contributed by atoms with van der Waals surface area (Å²) in [6, 6.07) is 6.39. The number of rotatable bonds is 3. The minimum Gasteiger partial charge on any atom is -0.352 e. The van der Waals surface area contributed by atoms with E-state index in [4.69, 9.17) is 11.6 Å². The van der Waals surface area contributed by atoms with Crippen molar-refractivity contribution in [3.63, 3.8) is 0 Å². The van der Waals surface area contributed by atoms with Crippen LogP contribution in [0.15, 0.2) is 18.2 Å². The summed E-state index contributed by atoms with van der Waals surface area (Å²) in [4.78, 5) is 15.0. The highest BCUT2D eigenvalue weighted by atomic mass is 35.5. The van der Waals surface area contributed by atoms with Crippen molar-refractivity contribution >= 4 is 28.4 Å². The van der Waals surface area contributed by atoms with Crippen LogP contribution in [0.1, 0.15) is 43.4 Å². The van der Waals surface area contributed by atoms with Crippen LogP contribution in [0.2, 0.25) is 5.02 Å². The summed E-state index contributed by atoms with van der Waals surface area (Å²) in [7, 11) is 2.15. The lowest BCUT2D eigenvalue weighted by Gasteiger charge is -2.25. The second-order valence-corrected chi connectivity index (χ2v) is 8.00. The Morgan fingerprint density at radius 2 is 2.08 bits per heavy atom. The van der Waals surface area contributed by atoms with Crippen LogP contribution in [0.3, 0.4) is 0 Å². The molecule has 4 rings (SSSR count). The summed E-state index contributed by atoms with van der Waals surface area (Å²) >= 11 is 6.24. The molecule has 25 heavy (non-hydrogen) atoms. The molecule has 1 aliphatic carbocycles. The second-order valence-electron chi connectivity index (χ2n) is 7.56.